The number of primary amides is 1. The zero-order valence-electron chi connectivity index (χ0n) is 9.15. The van der Waals surface area contributed by atoms with Crippen LogP contribution in [0.2, 0.25) is 0 Å². The highest BCUT2D eigenvalue weighted by molar-refractivity contribution is 7.13. The Labute approximate surface area is 93.3 Å². The monoisotopic (exact) mass is 228 g/mol. The van der Waals surface area contributed by atoms with E-state index in [1.165, 1.54) is 11.3 Å². The summed E-state index contributed by atoms with van der Waals surface area (Å²) in [6.45, 7) is 5.01. The summed E-state index contributed by atoms with van der Waals surface area (Å²) in [5.41, 5.74) is 5.93. The molecule has 0 atom stereocenters. The van der Waals surface area contributed by atoms with Gasteiger partial charge in [-0.05, 0) is 20.9 Å². The zero-order chi connectivity index (χ0) is 11.4. The third-order valence-electron chi connectivity index (χ3n) is 2.07. The normalized spacial score (nSPS) is 11.0. The SMILES string of the molecule is CC(C)N(C)Cc1csc(NC(N)=O)n1. The Morgan fingerprint density at radius 1 is 1.73 bits per heavy atom. The van der Waals surface area contributed by atoms with Crippen LogP contribution in [0, 0.1) is 0 Å². The first-order valence-corrected chi connectivity index (χ1v) is 5.58. The second kappa shape index (κ2) is 5.09. The quantitative estimate of drug-likeness (QED) is 0.819. The molecule has 0 spiro atoms. The fraction of sp³-hybridized carbons (Fsp3) is 0.556. The second-order valence-electron chi connectivity index (χ2n) is 3.64. The minimum absolute atomic E-state index is 0.472. The molecule has 0 radical (unpaired) electrons. The second-order valence-corrected chi connectivity index (χ2v) is 4.50. The molecule has 0 aliphatic heterocycles. The number of rotatable bonds is 4. The lowest BCUT2D eigenvalue weighted by atomic mass is 10.3. The van der Waals surface area contributed by atoms with Crippen LogP contribution in [-0.4, -0.2) is 29.0 Å². The first kappa shape index (κ1) is 11.9. The summed E-state index contributed by atoms with van der Waals surface area (Å²) in [6.07, 6.45) is 0. The summed E-state index contributed by atoms with van der Waals surface area (Å²) < 4.78 is 0. The van der Waals surface area contributed by atoms with Crippen molar-refractivity contribution in [1.82, 2.24) is 9.88 Å². The van der Waals surface area contributed by atoms with E-state index in [1.807, 2.05) is 12.4 Å². The molecular formula is C9H16N4OS. The van der Waals surface area contributed by atoms with Gasteiger partial charge in [-0.2, -0.15) is 0 Å². The van der Waals surface area contributed by atoms with E-state index >= 15 is 0 Å². The van der Waals surface area contributed by atoms with Gasteiger partial charge in [-0.1, -0.05) is 0 Å². The molecule has 0 saturated carbocycles. The lowest BCUT2D eigenvalue weighted by Crippen LogP contribution is -2.25. The number of anilines is 1. The number of thiazole rings is 1. The highest BCUT2D eigenvalue weighted by Gasteiger charge is 2.08. The number of amides is 2. The van der Waals surface area contributed by atoms with Crippen molar-refractivity contribution in [3.8, 4) is 0 Å². The molecule has 84 valence electrons. The predicted molar refractivity (Wildman–Crippen MR) is 61.9 cm³/mol. The highest BCUT2D eigenvalue weighted by atomic mass is 32.1. The van der Waals surface area contributed by atoms with E-state index in [9.17, 15) is 4.79 Å². The van der Waals surface area contributed by atoms with Crippen LogP contribution in [0.4, 0.5) is 9.93 Å². The zero-order valence-corrected chi connectivity index (χ0v) is 9.97. The van der Waals surface area contributed by atoms with Gasteiger partial charge in [-0.25, -0.2) is 9.78 Å². The molecule has 0 unspecified atom stereocenters. The van der Waals surface area contributed by atoms with Crippen molar-refractivity contribution in [1.29, 1.82) is 0 Å². The van der Waals surface area contributed by atoms with E-state index in [0.717, 1.165) is 12.2 Å². The summed E-state index contributed by atoms with van der Waals surface area (Å²) >= 11 is 1.38. The third-order valence-corrected chi connectivity index (χ3v) is 2.88. The third kappa shape index (κ3) is 3.85. The van der Waals surface area contributed by atoms with Crippen LogP contribution < -0.4 is 11.1 Å². The van der Waals surface area contributed by atoms with E-state index in [2.05, 4.69) is 29.0 Å². The van der Waals surface area contributed by atoms with Crippen LogP contribution in [0.5, 0.6) is 0 Å². The summed E-state index contributed by atoms with van der Waals surface area (Å²) in [6, 6.07) is -0.104. The topological polar surface area (TPSA) is 71.2 Å². The van der Waals surface area contributed by atoms with E-state index in [-0.39, 0.29) is 0 Å². The average molecular weight is 228 g/mol. The van der Waals surface area contributed by atoms with Gasteiger partial charge in [0.15, 0.2) is 5.13 Å². The van der Waals surface area contributed by atoms with Crippen molar-refractivity contribution in [3.05, 3.63) is 11.1 Å². The van der Waals surface area contributed by atoms with Crippen LogP contribution in [0.25, 0.3) is 0 Å². The molecule has 0 fully saturated rings. The maximum Gasteiger partial charge on any atom is 0.318 e. The van der Waals surface area contributed by atoms with Gasteiger partial charge >= 0.3 is 6.03 Å². The largest absolute Gasteiger partial charge is 0.351 e. The minimum atomic E-state index is -0.576. The van der Waals surface area contributed by atoms with E-state index in [0.29, 0.717) is 11.2 Å². The maximum absolute atomic E-state index is 10.6. The summed E-state index contributed by atoms with van der Waals surface area (Å²) in [5.74, 6) is 0. The predicted octanol–water partition coefficient (Wildman–Crippen LogP) is 1.47. The van der Waals surface area contributed by atoms with Crippen molar-refractivity contribution < 1.29 is 4.79 Å². The summed E-state index contributed by atoms with van der Waals surface area (Å²) in [7, 11) is 2.03. The van der Waals surface area contributed by atoms with Crippen LogP contribution >= 0.6 is 11.3 Å². The number of carbonyl (C=O) groups is 1. The number of hydrogen-bond acceptors (Lipinski definition) is 4. The first-order valence-electron chi connectivity index (χ1n) is 4.70. The average Bonchev–Trinajstić information content (AvgIpc) is 2.51. The van der Waals surface area contributed by atoms with Crippen LogP contribution in [0.15, 0.2) is 5.38 Å². The number of nitrogens with two attached hydrogens (primary N) is 1. The number of aromatic nitrogens is 1. The van der Waals surface area contributed by atoms with Gasteiger partial charge in [-0.15, -0.1) is 11.3 Å². The lowest BCUT2D eigenvalue weighted by Gasteiger charge is -2.19. The Morgan fingerprint density at radius 3 is 2.93 bits per heavy atom. The molecule has 1 heterocycles. The molecule has 3 N–H and O–H groups in total. The van der Waals surface area contributed by atoms with Crippen molar-refractivity contribution in [3.63, 3.8) is 0 Å². The molecule has 0 aliphatic rings. The van der Waals surface area contributed by atoms with Gasteiger partial charge < -0.3 is 5.73 Å². The Hall–Kier alpha value is -1.14. The molecule has 2 amide bonds. The fourth-order valence-electron chi connectivity index (χ4n) is 0.981. The van der Waals surface area contributed by atoms with Crippen LogP contribution in [-0.2, 0) is 6.54 Å². The number of nitrogens with zero attached hydrogens (tertiary/aromatic N) is 2. The molecule has 15 heavy (non-hydrogen) atoms. The molecule has 1 rings (SSSR count). The molecule has 0 aromatic carbocycles. The number of urea groups is 1. The first-order chi connectivity index (χ1) is 6.99. The number of hydrogen-bond donors (Lipinski definition) is 2. The fourth-order valence-corrected chi connectivity index (χ4v) is 1.68. The molecular weight excluding hydrogens is 212 g/mol. The molecule has 5 nitrogen and oxygen atoms in total. The molecule has 0 saturated heterocycles. The molecule has 0 bridgehead atoms. The van der Waals surface area contributed by atoms with Gasteiger partial charge in [0, 0.05) is 18.0 Å². The van der Waals surface area contributed by atoms with Gasteiger partial charge in [0.1, 0.15) is 0 Å². The Morgan fingerprint density at radius 2 is 2.40 bits per heavy atom. The van der Waals surface area contributed by atoms with Crippen LogP contribution in [0.1, 0.15) is 19.5 Å². The van der Waals surface area contributed by atoms with Crippen molar-refractivity contribution in [2.75, 3.05) is 12.4 Å². The summed E-state index contributed by atoms with van der Waals surface area (Å²) in [5, 5.41) is 4.93. The standard InChI is InChI=1S/C9H16N4OS/c1-6(2)13(3)4-7-5-15-9(11-7)12-8(10)14/h5-6H,4H2,1-3H3,(H3,10,11,12,14). The number of carbonyl (C=O) groups excluding carboxylic acids is 1. The van der Waals surface area contributed by atoms with Crippen LogP contribution in [0.3, 0.4) is 0 Å². The molecule has 6 heteroatoms. The van der Waals surface area contributed by atoms with Gasteiger partial charge in [0.25, 0.3) is 0 Å². The summed E-state index contributed by atoms with van der Waals surface area (Å²) in [4.78, 5) is 17.0. The van der Waals surface area contributed by atoms with Gasteiger partial charge in [0.05, 0.1) is 5.69 Å². The molecule has 1 aromatic heterocycles. The van der Waals surface area contributed by atoms with Crippen molar-refractivity contribution >= 4 is 22.5 Å². The van der Waals surface area contributed by atoms with E-state index < -0.39 is 6.03 Å². The molecule has 0 aliphatic carbocycles. The Bertz CT molecular complexity index is 337. The highest BCUT2D eigenvalue weighted by Crippen LogP contribution is 2.16. The van der Waals surface area contributed by atoms with E-state index in [4.69, 9.17) is 5.73 Å². The Balaban J connectivity index is 2.56. The van der Waals surface area contributed by atoms with Crippen molar-refractivity contribution in [2.45, 2.75) is 26.4 Å². The molecule has 1 aromatic rings. The maximum atomic E-state index is 10.6. The smallest absolute Gasteiger partial charge is 0.318 e. The number of nitrogens with one attached hydrogen (secondary N) is 1. The van der Waals surface area contributed by atoms with Crippen molar-refractivity contribution in [2.24, 2.45) is 5.73 Å². The lowest BCUT2D eigenvalue weighted by molar-refractivity contribution is 0.259. The minimum Gasteiger partial charge on any atom is -0.351 e. The Kier molecular flexibility index (Phi) is 4.05. The van der Waals surface area contributed by atoms with Gasteiger partial charge in [0.2, 0.25) is 0 Å². The van der Waals surface area contributed by atoms with Gasteiger partial charge in [-0.3, -0.25) is 10.2 Å². The van der Waals surface area contributed by atoms with E-state index in [1.54, 1.807) is 0 Å².